The van der Waals surface area contributed by atoms with Crippen molar-refractivity contribution in [2.45, 2.75) is 18.8 Å². The Labute approximate surface area is 134 Å². The molecule has 0 bridgehead atoms. The number of aryl methyl sites for hydroxylation is 1. The summed E-state index contributed by atoms with van der Waals surface area (Å²) >= 11 is 9.41. The van der Waals surface area contributed by atoms with E-state index in [1.807, 2.05) is 29.3 Å². The first-order valence-corrected chi connectivity index (χ1v) is 7.65. The molecule has 3 aromatic rings. The molecule has 0 saturated heterocycles. The highest BCUT2D eigenvalue weighted by molar-refractivity contribution is 9.10. The largest absolute Gasteiger partial charge is 0.337 e. The Bertz CT molecular complexity index is 809. The van der Waals surface area contributed by atoms with Crippen LogP contribution in [0.5, 0.6) is 0 Å². The fourth-order valence-corrected chi connectivity index (χ4v) is 2.80. The predicted octanol–water partition coefficient (Wildman–Crippen LogP) is 4.02. The van der Waals surface area contributed by atoms with Crippen molar-refractivity contribution in [3.8, 4) is 0 Å². The minimum absolute atomic E-state index is 0.278. The van der Waals surface area contributed by atoms with Gasteiger partial charge < -0.3 is 9.13 Å². The van der Waals surface area contributed by atoms with Gasteiger partial charge in [0.15, 0.2) is 0 Å². The van der Waals surface area contributed by atoms with E-state index < -0.39 is 0 Å². The second kappa shape index (κ2) is 5.42. The van der Waals surface area contributed by atoms with E-state index >= 15 is 0 Å². The molecule has 0 radical (unpaired) electrons. The van der Waals surface area contributed by atoms with Crippen molar-refractivity contribution in [3.05, 3.63) is 46.5 Å². The second-order valence-electron chi connectivity index (χ2n) is 4.88. The molecule has 4 nitrogen and oxygen atoms in total. The first kappa shape index (κ1) is 14.5. The number of benzene rings is 1. The van der Waals surface area contributed by atoms with E-state index in [0.29, 0.717) is 27.9 Å². The standard InChI is InChI=1S/C14H13BrClFN4/c1-8(16)14-19-11-5-9(15)10(17)6-12(11)21(14)7-13-18-3-4-20(13)2/h3-6,8H,7H2,1-2H3. The summed E-state index contributed by atoms with van der Waals surface area (Å²) in [5.41, 5.74) is 1.42. The van der Waals surface area contributed by atoms with E-state index in [4.69, 9.17) is 11.6 Å². The summed E-state index contributed by atoms with van der Waals surface area (Å²) in [6.45, 7) is 2.34. The minimum Gasteiger partial charge on any atom is -0.337 e. The van der Waals surface area contributed by atoms with Gasteiger partial charge in [-0.05, 0) is 28.9 Å². The van der Waals surface area contributed by atoms with E-state index in [9.17, 15) is 4.39 Å². The maximum absolute atomic E-state index is 13.9. The van der Waals surface area contributed by atoms with Gasteiger partial charge in [0.1, 0.15) is 17.5 Å². The molecule has 21 heavy (non-hydrogen) atoms. The number of nitrogens with zero attached hydrogens (tertiary/aromatic N) is 4. The number of hydrogen-bond acceptors (Lipinski definition) is 2. The van der Waals surface area contributed by atoms with Crippen LogP contribution in [0, 0.1) is 5.82 Å². The monoisotopic (exact) mass is 370 g/mol. The minimum atomic E-state index is -0.322. The molecule has 0 spiro atoms. The summed E-state index contributed by atoms with van der Waals surface area (Å²) in [4.78, 5) is 8.83. The number of fused-ring (bicyclic) bond motifs is 1. The summed E-state index contributed by atoms with van der Waals surface area (Å²) in [7, 11) is 1.92. The van der Waals surface area contributed by atoms with E-state index in [-0.39, 0.29) is 11.2 Å². The van der Waals surface area contributed by atoms with Gasteiger partial charge in [-0.3, -0.25) is 0 Å². The van der Waals surface area contributed by atoms with Crippen LogP contribution in [0.2, 0.25) is 0 Å². The lowest BCUT2D eigenvalue weighted by Gasteiger charge is -2.10. The van der Waals surface area contributed by atoms with Gasteiger partial charge in [0.25, 0.3) is 0 Å². The lowest BCUT2D eigenvalue weighted by molar-refractivity contribution is 0.620. The normalized spacial score (nSPS) is 13.0. The number of hydrogen-bond donors (Lipinski definition) is 0. The zero-order chi connectivity index (χ0) is 15.1. The van der Waals surface area contributed by atoms with Crippen LogP contribution in [0.25, 0.3) is 11.0 Å². The van der Waals surface area contributed by atoms with E-state index in [1.165, 1.54) is 6.07 Å². The average Bonchev–Trinajstić information content (AvgIpc) is 2.97. The molecule has 0 saturated carbocycles. The first-order chi connectivity index (χ1) is 9.97. The van der Waals surface area contributed by atoms with Crippen molar-refractivity contribution in [1.29, 1.82) is 0 Å². The zero-order valence-corrected chi connectivity index (χ0v) is 13.9. The maximum Gasteiger partial charge on any atom is 0.139 e. The van der Waals surface area contributed by atoms with Gasteiger partial charge in [-0.15, -0.1) is 11.6 Å². The van der Waals surface area contributed by atoms with E-state index in [2.05, 4.69) is 25.9 Å². The van der Waals surface area contributed by atoms with Crippen LogP contribution in [-0.4, -0.2) is 19.1 Å². The smallest absolute Gasteiger partial charge is 0.139 e. The van der Waals surface area contributed by atoms with Crippen LogP contribution in [0.4, 0.5) is 4.39 Å². The summed E-state index contributed by atoms with van der Waals surface area (Å²) < 4.78 is 18.1. The molecule has 0 aliphatic rings. The van der Waals surface area contributed by atoms with Gasteiger partial charge in [-0.1, -0.05) is 0 Å². The Balaban J connectivity index is 2.20. The number of imidazole rings is 2. The van der Waals surface area contributed by atoms with Crippen molar-refractivity contribution in [3.63, 3.8) is 0 Å². The van der Waals surface area contributed by atoms with Crippen LogP contribution in [0.3, 0.4) is 0 Å². The molecule has 0 N–H and O–H groups in total. The maximum atomic E-state index is 13.9. The summed E-state index contributed by atoms with van der Waals surface area (Å²) in [5, 5.41) is -0.278. The summed E-state index contributed by atoms with van der Waals surface area (Å²) in [6.07, 6.45) is 3.60. The van der Waals surface area contributed by atoms with Crippen LogP contribution < -0.4 is 0 Å². The number of aromatic nitrogens is 4. The zero-order valence-electron chi connectivity index (χ0n) is 11.5. The Morgan fingerprint density at radius 3 is 2.81 bits per heavy atom. The molecule has 1 atom stereocenters. The molecule has 0 aliphatic carbocycles. The molecule has 2 aromatic heterocycles. The molecule has 3 rings (SSSR count). The van der Waals surface area contributed by atoms with Gasteiger partial charge in [0, 0.05) is 25.5 Å². The molecular weight excluding hydrogens is 359 g/mol. The SMILES string of the molecule is CC(Cl)c1nc2cc(Br)c(F)cc2n1Cc1nccn1C. The van der Waals surface area contributed by atoms with Crippen LogP contribution >= 0.6 is 27.5 Å². The van der Waals surface area contributed by atoms with Crippen LogP contribution in [0.15, 0.2) is 29.0 Å². The lowest BCUT2D eigenvalue weighted by atomic mass is 10.3. The average molecular weight is 372 g/mol. The molecule has 7 heteroatoms. The Hall–Kier alpha value is -1.40. The third-order valence-corrected chi connectivity index (χ3v) is 4.20. The Morgan fingerprint density at radius 1 is 1.43 bits per heavy atom. The third-order valence-electron chi connectivity index (χ3n) is 3.40. The molecule has 1 unspecified atom stereocenters. The highest BCUT2D eigenvalue weighted by atomic mass is 79.9. The quantitative estimate of drug-likeness (QED) is 0.652. The van der Waals surface area contributed by atoms with Gasteiger partial charge in [-0.2, -0.15) is 0 Å². The molecule has 0 aliphatic heterocycles. The van der Waals surface area contributed by atoms with E-state index in [0.717, 1.165) is 5.82 Å². The number of halogens is 3. The highest BCUT2D eigenvalue weighted by Crippen LogP contribution is 2.28. The Kier molecular flexibility index (Phi) is 3.75. The molecule has 0 fully saturated rings. The fraction of sp³-hybridized carbons (Fsp3) is 0.286. The number of alkyl halides is 1. The first-order valence-electron chi connectivity index (χ1n) is 6.43. The van der Waals surface area contributed by atoms with Gasteiger partial charge in [0.2, 0.25) is 0 Å². The van der Waals surface area contributed by atoms with Gasteiger partial charge >= 0.3 is 0 Å². The van der Waals surface area contributed by atoms with E-state index in [1.54, 1.807) is 12.3 Å². The molecule has 2 heterocycles. The molecule has 1 aromatic carbocycles. The van der Waals surface area contributed by atoms with Gasteiger partial charge in [-0.25, -0.2) is 14.4 Å². The number of rotatable bonds is 3. The fourth-order valence-electron chi connectivity index (χ4n) is 2.30. The van der Waals surface area contributed by atoms with Gasteiger partial charge in [0.05, 0.1) is 27.4 Å². The van der Waals surface area contributed by atoms with Crippen molar-refractivity contribution in [1.82, 2.24) is 19.1 Å². The predicted molar refractivity (Wildman–Crippen MR) is 84.0 cm³/mol. The third kappa shape index (κ3) is 2.58. The molecule has 0 amide bonds. The topological polar surface area (TPSA) is 35.6 Å². The van der Waals surface area contributed by atoms with Crippen LogP contribution in [-0.2, 0) is 13.6 Å². The van der Waals surface area contributed by atoms with Crippen molar-refractivity contribution >= 4 is 38.6 Å². The van der Waals surface area contributed by atoms with Crippen molar-refractivity contribution < 1.29 is 4.39 Å². The Morgan fingerprint density at radius 2 is 2.19 bits per heavy atom. The molecular formula is C14H13BrClFN4. The summed E-state index contributed by atoms with van der Waals surface area (Å²) in [5.74, 6) is 1.24. The second-order valence-corrected chi connectivity index (χ2v) is 6.39. The molecule has 110 valence electrons. The lowest BCUT2D eigenvalue weighted by Crippen LogP contribution is -2.09. The van der Waals surface area contributed by atoms with Crippen LogP contribution in [0.1, 0.15) is 23.9 Å². The highest BCUT2D eigenvalue weighted by Gasteiger charge is 2.18. The van der Waals surface area contributed by atoms with Crippen molar-refractivity contribution in [2.75, 3.05) is 0 Å². The summed E-state index contributed by atoms with van der Waals surface area (Å²) in [6, 6.07) is 3.14. The van der Waals surface area contributed by atoms with Crippen molar-refractivity contribution in [2.24, 2.45) is 7.05 Å².